The van der Waals surface area contributed by atoms with Crippen LogP contribution in [0.5, 0.6) is 0 Å². The summed E-state index contributed by atoms with van der Waals surface area (Å²) in [7, 11) is 0. The van der Waals surface area contributed by atoms with Gasteiger partial charge < -0.3 is 14.4 Å². The van der Waals surface area contributed by atoms with Crippen LogP contribution in [0.4, 0.5) is 10.1 Å². The summed E-state index contributed by atoms with van der Waals surface area (Å²) in [5.74, 6) is -0.195. The molecule has 1 aromatic heterocycles. The summed E-state index contributed by atoms with van der Waals surface area (Å²) in [4.78, 5) is 6.29. The summed E-state index contributed by atoms with van der Waals surface area (Å²) in [5, 5.41) is 0. The van der Waals surface area contributed by atoms with Crippen LogP contribution >= 0.6 is 0 Å². The lowest BCUT2D eigenvalue weighted by Gasteiger charge is -2.40. The van der Waals surface area contributed by atoms with E-state index in [-0.39, 0.29) is 24.1 Å². The van der Waals surface area contributed by atoms with Crippen LogP contribution in [-0.4, -0.2) is 36.4 Å². The quantitative estimate of drug-likeness (QED) is 0.863. The van der Waals surface area contributed by atoms with Crippen molar-refractivity contribution in [2.45, 2.75) is 37.7 Å². The maximum atomic E-state index is 13.6. The van der Waals surface area contributed by atoms with Gasteiger partial charge in [-0.05, 0) is 48.7 Å². The maximum Gasteiger partial charge on any atom is 0.125 e. The van der Waals surface area contributed by atoms with Crippen LogP contribution < -0.4 is 4.90 Å². The number of halogens is 1. The highest BCUT2D eigenvalue weighted by Crippen LogP contribution is 2.35. The van der Waals surface area contributed by atoms with E-state index in [1.165, 1.54) is 6.07 Å². The molecule has 1 aliphatic heterocycles. The highest BCUT2D eigenvalue weighted by molar-refractivity contribution is 5.48. The molecule has 0 amide bonds. The minimum atomic E-state index is -0.195. The Labute approximate surface area is 141 Å². The van der Waals surface area contributed by atoms with Crippen LogP contribution in [0.3, 0.4) is 0 Å². The van der Waals surface area contributed by atoms with Gasteiger partial charge in [0.2, 0.25) is 0 Å². The second-order valence-corrected chi connectivity index (χ2v) is 6.36. The summed E-state index contributed by atoms with van der Waals surface area (Å²) in [6.07, 6.45) is 5.65. The van der Waals surface area contributed by atoms with Crippen LogP contribution in [0, 0.1) is 5.82 Å². The molecule has 1 aromatic carbocycles. The van der Waals surface area contributed by atoms with Crippen molar-refractivity contribution >= 4 is 5.69 Å². The van der Waals surface area contributed by atoms with Crippen LogP contribution in [0.15, 0.2) is 48.8 Å². The van der Waals surface area contributed by atoms with Crippen molar-refractivity contribution < 1.29 is 13.9 Å². The Balaban J connectivity index is 1.44. The molecule has 0 bridgehead atoms. The van der Waals surface area contributed by atoms with E-state index in [1.54, 1.807) is 24.5 Å². The number of fused-ring (bicyclic) bond motifs is 1. The van der Waals surface area contributed by atoms with Gasteiger partial charge in [0.15, 0.2) is 0 Å². The first kappa shape index (κ1) is 15.5. The molecule has 2 heterocycles. The highest BCUT2D eigenvalue weighted by Gasteiger charge is 2.43. The smallest absolute Gasteiger partial charge is 0.125 e. The number of morpholine rings is 1. The van der Waals surface area contributed by atoms with E-state index in [0.717, 1.165) is 30.6 Å². The number of rotatable bonds is 4. The number of hydrogen-bond acceptors (Lipinski definition) is 4. The Kier molecular flexibility index (Phi) is 4.45. The Morgan fingerprint density at radius 1 is 1.21 bits per heavy atom. The lowest BCUT2D eigenvalue weighted by atomic mass is 10.1. The third kappa shape index (κ3) is 3.14. The van der Waals surface area contributed by atoms with Crippen LogP contribution in [0.1, 0.15) is 18.4 Å². The molecule has 126 valence electrons. The molecule has 4 rings (SSSR count). The maximum absolute atomic E-state index is 13.6. The Morgan fingerprint density at radius 3 is 2.92 bits per heavy atom. The number of aromatic nitrogens is 1. The van der Waals surface area contributed by atoms with Crippen molar-refractivity contribution in [3.8, 4) is 0 Å². The van der Waals surface area contributed by atoms with E-state index < -0.39 is 0 Å². The zero-order valence-electron chi connectivity index (χ0n) is 13.5. The summed E-state index contributed by atoms with van der Waals surface area (Å²) in [6.45, 7) is 2.01. The standard InChI is InChI=1S/C19H21FN2O2/c20-15-2-1-3-16(12-15)22-10-11-23-19-17(22)4-5-18(19)24-13-14-6-8-21-9-7-14/h1-3,6-9,12,17-19H,4-5,10-11,13H2/t17-,18-,19+/m0/s1. The van der Waals surface area contributed by atoms with Gasteiger partial charge in [0.25, 0.3) is 0 Å². The molecule has 5 heteroatoms. The molecular formula is C19H21FN2O2. The summed E-state index contributed by atoms with van der Waals surface area (Å²) >= 11 is 0. The largest absolute Gasteiger partial charge is 0.372 e. The summed E-state index contributed by atoms with van der Waals surface area (Å²) in [5.41, 5.74) is 2.05. The van der Waals surface area contributed by atoms with Crippen LogP contribution in [-0.2, 0) is 16.1 Å². The zero-order valence-corrected chi connectivity index (χ0v) is 13.5. The van der Waals surface area contributed by atoms with Crippen molar-refractivity contribution in [1.29, 1.82) is 0 Å². The van der Waals surface area contributed by atoms with Crippen molar-refractivity contribution in [3.63, 3.8) is 0 Å². The van der Waals surface area contributed by atoms with Gasteiger partial charge in [-0.25, -0.2) is 4.39 Å². The van der Waals surface area contributed by atoms with Crippen LogP contribution in [0.25, 0.3) is 0 Å². The monoisotopic (exact) mass is 328 g/mol. The number of benzene rings is 1. The predicted octanol–water partition coefficient (Wildman–Crippen LogP) is 3.17. The molecule has 2 aromatic rings. The number of hydrogen-bond donors (Lipinski definition) is 0. The predicted molar refractivity (Wildman–Crippen MR) is 89.3 cm³/mol. The van der Waals surface area contributed by atoms with E-state index in [1.807, 2.05) is 18.2 Å². The topological polar surface area (TPSA) is 34.6 Å². The van der Waals surface area contributed by atoms with Gasteiger partial charge in [0.1, 0.15) is 11.9 Å². The van der Waals surface area contributed by atoms with E-state index in [2.05, 4.69) is 9.88 Å². The van der Waals surface area contributed by atoms with Gasteiger partial charge in [-0.1, -0.05) is 6.07 Å². The molecule has 24 heavy (non-hydrogen) atoms. The third-order valence-electron chi connectivity index (χ3n) is 4.89. The molecule has 1 saturated heterocycles. The van der Waals surface area contributed by atoms with E-state index in [0.29, 0.717) is 13.2 Å². The minimum absolute atomic E-state index is 0.0452. The van der Waals surface area contributed by atoms with Crippen molar-refractivity contribution in [3.05, 3.63) is 60.2 Å². The first-order valence-corrected chi connectivity index (χ1v) is 8.45. The highest BCUT2D eigenvalue weighted by atomic mass is 19.1. The number of ether oxygens (including phenoxy) is 2. The van der Waals surface area contributed by atoms with Crippen molar-refractivity contribution in [2.24, 2.45) is 0 Å². The number of pyridine rings is 1. The second-order valence-electron chi connectivity index (χ2n) is 6.36. The van der Waals surface area contributed by atoms with Gasteiger partial charge in [-0.2, -0.15) is 0 Å². The molecular weight excluding hydrogens is 307 g/mol. The molecule has 1 aliphatic carbocycles. The van der Waals surface area contributed by atoms with Gasteiger partial charge in [0, 0.05) is 24.6 Å². The summed E-state index contributed by atoms with van der Waals surface area (Å²) < 4.78 is 25.7. The van der Waals surface area contributed by atoms with Crippen molar-refractivity contribution in [1.82, 2.24) is 4.98 Å². The summed E-state index contributed by atoms with van der Waals surface area (Å²) in [6, 6.07) is 11.0. The fourth-order valence-corrected chi connectivity index (χ4v) is 3.75. The zero-order chi connectivity index (χ0) is 16.4. The van der Waals surface area contributed by atoms with Crippen molar-refractivity contribution in [2.75, 3.05) is 18.1 Å². The fourth-order valence-electron chi connectivity index (χ4n) is 3.75. The first-order valence-electron chi connectivity index (χ1n) is 8.45. The van der Waals surface area contributed by atoms with Gasteiger partial charge >= 0.3 is 0 Å². The lowest BCUT2D eigenvalue weighted by Crippen LogP contribution is -2.51. The lowest BCUT2D eigenvalue weighted by molar-refractivity contribution is -0.0770. The molecule has 0 unspecified atom stereocenters. The minimum Gasteiger partial charge on any atom is -0.372 e. The van der Waals surface area contributed by atoms with Gasteiger partial charge in [-0.15, -0.1) is 0 Å². The molecule has 1 saturated carbocycles. The van der Waals surface area contributed by atoms with Gasteiger partial charge in [-0.3, -0.25) is 4.98 Å². The van der Waals surface area contributed by atoms with E-state index in [4.69, 9.17) is 9.47 Å². The third-order valence-corrected chi connectivity index (χ3v) is 4.89. The molecule has 3 atom stereocenters. The van der Waals surface area contributed by atoms with Crippen LogP contribution in [0.2, 0.25) is 0 Å². The average molecular weight is 328 g/mol. The molecule has 0 spiro atoms. The van der Waals surface area contributed by atoms with E-state index in [9.17, 15) is 4.39 Å². The Bertz CT molecular complexity index is 682. The van der Waals surface area contributed by atoms with Gasteiger partial charge in [0.05, 0.1) is 25.4 Å². The molecule has 0 radical (unpaired) electrons. The average Bonchev–Trinajstić information content (AvgIpc) is 3.04. The molecule has 0 N–H and O–H groups in total. The SMILES string of the molecule is Fc1cccc(N2CCO[C@H]3[C@@H](OCc4ccncc4)CC[C@@H]32)c1. The normalized spacial score (nSPS) is 26.4. The number of anilines is 1. The first-order chi connectivity index (χ1) is 11.8. The molecule has 2 aliphatic rings. The van der Waals surface area contributed by atoms with E-state index >= 15 is 0 Å². The second kappa shape index (κ2) is 6.87. The molecule has 2 fully saturated rings. The molecule has 4 nitrogen and oxygen atoms in total. The Morgan fingerprint density at radius 2 is 2.08 bits per heavy atom. The number of nitrogens with zero attached hydrogens (tertiary/aromatic N) is 2. The fraction of sp³-hybridized carbons (Fsp3) is 0.421. The Hall–Kier alpha value is -1.98.